The van der Waals surface area contributed by atoms with E-state index in [4.69, 9.17) is 14.6 Å². The summed E-state index contributed by atoms with van der Waals surface area (Å²) in [5, 5.41) is 12.8. The number of rotatable bonds is 5. The third-order valence-electron chi connectivity index (χ3n) is 3.94. The van der Waals surface area contributed by atoms with E-state index >= 15 is 0 Å². The number of aliphatic carboxylic acids is 1. The number of methoxy groups -OCH3 is 1. The zero-order chi connectivity index (χ0) is 21.5. The van der Waals surface area contributed by atoms with Crippen LogP contribution in [0.2, 0.25) is 0 Å². The second-order valence-corrected chi connectivity index (χ2v) is 6.83. The molecule has 1 fully saturated rings. The summed E-state index contributed by atoms with van der Waals surface area (Å²) in [5.41, 5.74) is 1.11. The molecule has 1 aromatic carbocycles. The van der Waals surface area contributed by atoms with Crippen molar-refractivity contribution < 1.29 is 37.4 Å². The van der Waals surface area contributed by atoms with Gasteiger partial charge >= 0.3 is 12.1 Å². The minimum atomic E-state index is -5.08. The molecule has 1 aliphatic heterocycles. The van der Waals surface area contributed by atoms with Crippen molar-refractivity contribution in [3.05, 3.63) is 28.2 Å². The molecule has 1 saturated heterocycles. The van der Waals surface area contributed by atoms with Gasteiger partial charge in [0.05, 0.1) is 17.5 Å². The molecule has 0 aliphatic carbocycles. The Morgan fingerprint density at radius 3 is 2.50 bits per heavy atom. The minimum absolute atomic E-state index is 0.109. The lowest BCUT2D eigenvalue weighted by Crippen LogP contribution is -2.44. The number of benzene rings is 1. The number of imide groups is 1. The molecule has 28 heavy (non-hydrogen) atoms. The Hall–Kier alpha value is -2.14. The summed E-state index contributed by atoms with van der Waals surface area (Å²) in [6, 6.07) is 6.01. The van der Waals surface area contributed by atoms with Gasteiger partial charge in [-0.1, -0.05) is 6.07 Å². The van der Waals surface area contributed by atoms with Gasteiger partial charge in [0.15, 0.2) is 0 Å². The van der Waals surface area contributed by atoms with Crippen LogP contribution in [0.1, 0.15) is 31.4 Å². The van der Waals surface area contributed by atoms with Gasteiger partial charge in [-0.2, -0.15) is 13.2 Å². The van der Waals surface area contributed by atoms with Crippen LogP contribution in [0.25, 0.3) is 0 Å². The highest BCUT2D eigenvalue weighted by molar-refractivity contribution is 9.10. The number of alkyl halides is 3. The van der Waals surface area contributed by atoms with Crippen molar-refractivity contribution in [2.75, 3.05) is 13.7 Å². The monoisotopic (exact) mass is 468 g/mol. The van der Waals surface area contributed by atoms with E-state index in [1.54, 1.807) is 7.11 Å². The number of carbonyl (C=O) groups is 3. The average molecular weight is 469 g/mol. The summed E-state index contributed by atoms with van der Waals surface area (Å²) >= 11 is 3.47. The van der Waals surface area contributed by atoms with Crippen LogP contribution in [-0.4, -0.2) is 42.7 Å². The first-order valence-corrected chi connectivity index (χ1v) is 8.95. The van der Waals surface area contributed by atoms with Crippen molar-refractivity contribution in [1.82, 2.24) is 10.6 Å². The lowest BCUT2D eigenvalue weighted by molar-refractivity contribution is -0.192. The summed E-state index contributed by atoms with van der Waals surface area (Å²) in [6.07, 6.45) is -4.06. The van der Waals surface area contributed by atoms with E-state index < -0.39 is 12.1 Å². The number of nitrogens with one attached hydrogen (secondary N) is 2. The van der Waals surface area contributed by atoms with Crippen molar-refractivity contribution in [1.29, 1.82) is 0 Å². The van der Waals surface area contributed by atoms with Gasteiger partial charge in [-0.05, 0) is 47.0 Å². The van der Waals surface area contributed by atoms with Gasteiger partial charge in [-0.15, -0.1) is 0 Å². The molecule has 0 radical (unpaired) electrons. The van der Waals surface area contributed by atoms with Crippen LogP contribution in [0.5, 0.6) is 5.75 Å². The maximum absolute atomic E-state index is 11.7. The molecule has 7 nitrogen and oxygen atoms in total. The first-order valence-electron chi connectivity index (χ1n) is 8.16. The van der Waals surface area contributed by atoms with Gasteiger partial charge in [0.2, 0.25) is 11.8 Å². The maximum atomic E-state index is 11.7. The van der Waals surface area contributed by atoms with E-state index in [0.717, 1.165) is 15.8 Å². The van der Waals surface area contributed by atoms with Crippen LogP contribution < -0.4 is 15.4 Å². The molecular formula is C17H20BrF3N2O5. The van der Waals surface area contributed by atoms with Gasteiger partial charge < -0.3 is 15.2 Å². The van der Waals surface area contributed by atoms with E-state index in [-0.39, 0.29) is 23.8 Å². The second kappa shape index (κ2) is 10.4. The lowest BCUT2D eigenvalue weighted by atomic mass is 9.97. The van der Waals surface area contributed by atoms with E-state index in [1.165, 1.54) is 0 Å². The fourth-order valence-electron chi connectivity index (χ4n) is 2.32. The third-order valence-corrected chi connectivity index (χ3v) is 4.56. The van der Waals surface area contributed by atoms with Gasteiger partial charge in [-0.25, -0.2) is 4.79 Å². The molecular weight excluding hydrogens is 449 g/mol. The van der Waals surface area contributed by atoms with E-state index in [1.807, 2.05) is 25.1 Å². The molecule has 2 amide bonds. The molecule has 0 bridgehead atoms. The quantitative estimate of drug-likeness (QED) is 0.573. The Bertz CT molecular complexity index is 727. The molecule has 0 spiro atoms. The zero-order valence-corrected chi connectivity index (χ0v) is 16.7. The first-order chi connectivity index (χ1) is 13.0. The van der Waals surface area contributed by atoms with Crippen molar-refractivity contribution in [2.45, 2.75) is 32.0 Å². The van der Waals surface area contributed by atoms with Crippen LogP contribution >= 0.6 is 15.9 Å². The highest BCUT2D eigenvalue weighted by atomic mass is 79.9. The van der Waals surface area contributed by atoms with Crippen LogP contribution in [0.3, 0.4) is 0 Å². The summed E-state index contributed by atoms with van der Waals surface area (Å²) in [7, 11) is 1.63. The van der Waals surface area contributed by atoms with Gasteiger partial charge in [0, 0.05) is 19.0 Å². The molecule has 2 rings (SSSR count). The number of ether oxygens (including phenoxy) is 1. The molecule has 3 N–H and O–H groups in total. The van der Waals surface area contributed by atoms with Crippen LogP contribution in [0, 0.1) is 5.92 Å². The second-order valence-electron chi connectivity index (χ2n) is 5.97. The molecule has 156 valence electrons. The Morgan fingerprint density at radius 1 is 1.43 bits per heavy atom. The molecule has 0 saturated carbocycles. The van der Waals surface area contributed by atoms with Crippen molar-refractivity contribution >= 4 is 33.7 Å². The summed E-state index contributed by atoms with van der Waals surface area (Å²) in [6.45, 7) is 2.60. The number of hydrogen-bond donors (Lipinski definition) is 3. The number of hydrogen-bond acceptors (Lipinski definition) is 5. The molecule has 1 heterocycles. The van der Waals surface area contributed by atoms with E-state index in [0.29, 0.717) is 19.4 Å². The summed E-state index contributed by atoms with van der Waals surface area (Å²) < 4.78 is 37.8. The highest BCUT2D eigenvalue weighted by Gasteiger charge is 2.38. The van der Waals surface area contributed by atoms with E-state index in [9.17, 15) is 22.8 Å². The van der Waals surface area contributed by atoms with E-state index in [2.05, 4.69) is 26.6 Å². The predicted molar refractivity (Wildman–Crippen MR) is 96.7 cm³/mol. The average Bonchev–Trinajstić information content (AvgIpc) is 2.60. The number of carbonyl (C=O) groups excluding carboxylic acids is 2. The minimum Gasteiger partial charge on any atom is -0.496 e. The maximum Gasteiger partial charge on any atom is 0.490 e. The predicted octanol–water partition coefficient (Wildman–Crippen LogP) is 2.79. The number of carboxylic acids is 1. The summed E-state index contributed by atoms with van der Waals surface area (Å²) in [5.74, 6) is -2.47. The fourth-order valence-corrected chi connectivity index (χ4v) is 2.88. The molecule has 1 aliphatic rings. The van der Waals surface area contributed by atoms with Gasteiger partial charge in [0.25, 0.3) is 0 Å². The number of halogens is 4. The van der Waals surface area contributed by atoms with Crippen molar-refractivity contribution in [3.8, 4) is 5.75 Å². The van der Waals surface area contributed by atoms with Crippen LogP contribution in [0.15, 0.2) is 22.7 Å². The van der Waals surface area contributed by atoms with Gasteiger partial charge in [0.1, 0.15) is 5.75 Å². The molecule has 0 aromatic heterocycles. The summed E-state index contributed by atoms with van der Waals surface area (Å²) in [4.78, 5) is 31.7. The normalized spacial score (nSPS) is 17.9. The Labute approximate surface area is 167 Å². The Kier molecular flexibility index (Phi) is 8.89. The van der Waals surface area contributed by atoms with Gasteiger partial charge in [-0.3, -0.25) is 14.9 Å². The lowest BCUT2D eigenvalue weighted by Gasteiger charge is -2.23. The highest BCUT2D eigenvalue weighted by Crippen LogP contribution is 2.28. The molecule has 2 unspecified atom stereocenters. The van der Waals surface area contributed by atoms with Crippen molar-refractivity contribution in [2.24, 2.45) is 5.92 Å². The smallest absolute Gasteiger partial charge is 0.490 e. The third kappa shape index (κ3) is 7.47. The standard InChI is InChI=1S/C15H19BrN2O3.C2HF3O2/c1-9(10-3-5-13(21-2)12(16)7-10)17-8-11-4-6-14(19)18-15(11)20;3-2(4,5)1(6)7/h3,5,7,9,11,17H,4,6,8H2,1-2H3,(H,18,19,20);(H,6,7). The zero-order valence-electron chi connectivity index (χ0n) is 15.1. The molecule has 1 aromatic rings. The van der Waals surface area contributed by atoms with Crippen molar-refractivity contribution in [3.63, 3.8) is 0 Å². The largest absolute Gasteiger partial charge is 0.496 e. The number of piperidine rings is 1. The van der Waals surface area contributed by atoms with Crippen LogP contribution in [-0.2, 0) is 14.4 Å². The SMILES string of the molecule is COc1ccc(C(C)NCC2CCC(=O)NC2=O)cc1Br.O=C(O)C(F)(F)F. The number of amides is 2. The molecule has 2 atom stereocenters. The Morgan fingerprint density at radius 2 is 2.04 bits per heavy atom. The number of carboxylic acid groups (broad SMARTS) is 1. The topological polar surface area (TPSA) is 105 Å². The fraction of sp³-hybridized carbons (Fsp3) is 0.471. The molecule has 11 heteroatoms. The first kappa shape index (κ1) is 23.9. The Balaban J connectivity index is 0.000000480. The van der Waals surface area contributed by atoms with Crippen LogP contribution in [0.4, 0.5) is 13.2 Å².